The first-order valence-corrected chi connectivity index (χ1v) is 5.67. The third kappa shape index (κ3) is 2.21. The Balaban J connectivity index is 3.79. The van der Waals surface area contributed by atoms with Crippen molar-refractivity contribution >= 4 is 5.57 Å². The van der Waals surface area contributed by atoms with E-state index in [1.54, 1.807) is 7.11 Å². The number of methoxy groups -OCH3 is 2. The van der Waals surface area contributed by atoms with E-state index in [0.717, 1.165) is 16.7 Å². The average Bonchev–Trinajstić information content (AvgIpc) is 2.36. The number of hydrogen-bond donors (Lipinski definition) is 2. The summed E-state index contributed by atoms with van der Waals surface area (Å²) in [6.45, 7) is 7.24. The quantitative estimate of drug-likeness (QED) is 0.842. The van der Waals surface area contributed by atoms with Gasteiger partial charge in [-0.05, 0) is 25.0 Å². The minimum atomic E-state index is -0.226. The van der Waals surface area contributed by atoms with E-state index in [-0.39, 0.29) is 13.2 Å². The molecule has 0 fully saturated rings. The SMILES string of the molecule is C=C(C)c1c(C)c(OC)c(OC)c(CO)c1CO. The molecule has 0 radical (unpaired) electrons. The monoisotopic (exact) mass is 252 g/mol. The molecule has 4 heteroatoms. The molecule has 100 valence electrons. The van der Waals surface area contributed by atoms with Gasteiger partial charge in [-0.15, -0.1) is 0 Å². The standard InChI is InChI=1S/C14H20O4/c1-8(2)12-9(3)13(17-4)14(18-5)11(7-16)10(12)6-15/h15-16H,1,6-7H2,2-5H3. The Morgan fingerprint density at radius 2 is 1.56 bits per heavy atom. The summed E-state index contributed by atoms with van der Waals surface area (Å²) in [4.78, 5) is 0. The van der Waals surface area contributed by atoms with Gasteiger partial charge in [-0.25, -0.2) is 0 Å². The topological polar surface area (TPSA) is 58.9 Å². The molecule has 0 atom stereocenters. The van der Waals surface area contributed by atoms with Crippen LogP contribution in [0.25, 0.3) is 5.57 Å². The van der Waals surface area contributed by atoms with Crippen LogP contribution < -0.4 is 9.47 Å². The van der Waals surface area contributed by atoms with Crippen molar-refractivity contribution in [1.29, 1.82) is 0 Å². The molecule has 1 aromatic carbocycles. The lowest BCUT2D eigenvalue weighted by Crippen LogP contribution is -2.07. The van der Waals surface area contributed by atoms with E-state index in [2.05, 4.69) is 6.58 Å². The lowest BCUT2D eigenvalue weighted by Gasteiger charge is -2.22. The molecular formula is C14H20O4. The maximum absolute atomic E-state index is 9.54. The first-order valence-electron chi connectivity index (χ1n) is 5.67. The fraction of sp³-hybridized carbons (Fsp3) is 0.429. The Morgan fingerprint density at radius 3 is 1.89 bits per heavy atom. The largest absolute Gasteiger partial charge is 0.493 e. The summed E-state index contributed by atoms with van der Waals surface area (Å²) >= 11 is 0. The lowest BCUT2D eigenvalue weighted by molar-refractivity contribution is 0.250. The highest BCUT2D eigenvalue weighted by atomic mass is 16.5. The van der Waals surface area contributed by atoms with Crippen LogP contribution in [0.1, 0.15) is 29.2 Å². The lowest BCUT2D eigenvalue weighted by atomic mass is 9.91. The van der Waals surface area contributed by atoms with Gasteiger partial charge >= 0.3 is 0 Å². The van der Waals surface area contributed by atoms with Crippen molar-refractivity contribution in [3.8, 4) is 11.5 Å². The highest BCUT2D eigenvalue weighted by Crippen LogP contribution is 2.41. The van der Waals surface area contributed by atoms with Gasteiger partial charge in [0.25, 0.3) is 0 Å². The van der Waals surface area contributed by atoms with Gasteiger partial charge in [0.2, 0.25) is 0 Å². The number of rotatable bonds is 5. The van der Waals surface area contributed by atoms with Crippen LogP contribution in [-0.4, -0.2) is 24.4 Å². The Morgan fingerprint density at radius 1 is 1.06 bits per heavy atom. The molecule has 0 aliphatic rings. The molecule has 0 bridgehead atoms. The number of allylic oxidation sites excluding steroid dienone is 1. The summed E-state index contributed by atoms with van der Waals surface area (Å²) in [6, 6.07) is 0. The number of ether oxygens (including phenoxy) is 2. The molecule has 0 aliphatic heterocycles. The van der Waals surface area contributed by atoms with Crippen molar-refractivity contribution in [2.24, 2.45) is 0 Å². The van der Waals surface area contributed by atoms with E-state index < -0.39 is 0 Å². The molecule has 1 rings (SSSR count). The average molecular weight is 252 g/mol. The molecule has 2 N–H and O–H groups in total. The maximum atomic E-state index is 9.54. The second kappa shape index (κ2) is 5.89. The molecule has 0 aliphatic carbocycles. The second-order valence-corrected chi connectivity index (χ2v) is 4.12. The van der Waals surface area contributed by atoms with Gasteiger partial charge in [0.1, 0.15) is 0 Å². The van der Waals surface area contributed by atoms with Crippen LogP contribution in [0.15, 0.2) is 6.58 Å². The number of aliphatic hydroxyl groups excluding tert-OH is 2. The third-order valence-electron chi connectivity index (χ3n) is 3.01. The number of aliphatic hydroxyl groups is 2. The molecule has 4 nitrogen and oxygen atoms in total. The first kappa shape index (κ1) is 14.5. The minimum Gasteiger partial charge on any atom is -0.493 e. The molecule has 0 saturated carbocycles. The fourth-order valence-electron chi connectivity index (χ4n) is 2.32. The Kier molecular flexibility index (Phi) is 4.76. The van der Waals surface area contributed by atoms with E-state index in [0.29, 0.717) is 22.6 Å². The maximum Gasteiger partial charge on any atom is 0.166 e. The zero-order chi connectivity index (χ0) is 13.9. The van der Waals surface area contributed by atoms with Crippen molar-refractivity contribution in [3.63, 3.8) is 0 Å². The van der Waals surface area contributed by atoms with Crippen LogP contribution in [0.3, 0.4) is 0 Å². The zero-order valence-corrected chi connectivity index (χ0v) is 11.3. The minimum absolute atomic E-state index is 0.181. The van der Waals surface area contributed by atoms with E-state index in [9.17, 15) is 10.2 Å². The van der Waals surface area contributed by atoms with E-state index in [4.69, 9.17) is 9.47 Å². The molecule has 0 saturated heterocycles. The Labute approximate surface area is 107 Å². The Hall–Kier alpha value is -1.52. The normalized spacial score (nSPS) is 10.3. The van der Waals surface area contributed by atoms with Gasteiger partial charge in [-0.1, -0.05) is 12.2 Å². The summed E-state index contributed by atoms with van der Waals surface area (Å²) < 4.78 is 10.6. The van der Waals surface area contributed by atoms with Gasteiger partial charge in [0, 0.05) is 11.1 Å². The predicted molar refractivity (Wildman–Crippen MR) is 70.8 cm³/mol. The van der Waals surface area contributed by atoms with Crippen molar-refractivity contribution in [1.82, 2.24) is 0 Å². The Bertz CT molecular complexity index is 464. The zero-order valence-electron chi connectivity index (χ0n) is 11.3. The summed E-state index contributed by atoms with van der Waals surface area (Å²) in [7, 11) is 3.06. The molecule has 18 heavy (non-hydrogen) atoms. The smallest absolute Gasteiger partial charge is 0.166 e. The molecule has 0 heterocycles. The van der Waals surface area contributed by atoms with E-state index in [1.165, 1.54) is 7.11 Å². The molecular weight excluding hydrogens is 232 g/mol. The highest BCUT2D eigenvalue weighted by molar-refractivity contribution is 5.74. The summed E-state index contributed by atoms with van der Waals surface area (Å²) in [5.74, 6) is 1.03. The molecule has 0 unspecified atom stereocenters. The van der Waals surface area contributed by atoms with Crippen LogP contribution in [-0.2, 0) is 13.2 Å². The van der Waals surface area contributed by atoms with Crippen LogP contribution in [0.5, 0.6) is 11.5 Å². The number of hydrogen-bond acceptors (Lipinski definition) is 4. The number of benzene rings is 1. The molecule has 0 spiro atoms. The van der Waals surface area contributed by atoms with Crippen molar-refractivity contribution in [3.05, 3.63) is 28.8 Å². The van der Waals surface area contributed by atoms with E-state index >= 15 is 0 Å². The summed E-state index contributed by atoms with van der Waals surface area (Å²) in [6.07, 6.45) is 0. The van der Waals surface area contributed by atoms with Crippen molar-refractivity contribution < 1.29 is 19.7 Å². The van der Waals surface area contributed by atoms with Gasteiger partial charge < -0.3 is 19.7 Å². The molecule has 0 aromatic heterocycles. The molecule has 1 aromatic rings. The van der Waals surface area contributed by atoms with Gasteiger partial charge in [0.15, 0.2) is 11.5 Å². The van der Waals surface area contributed by atoms with Crippen molar-refractivity contribution in [2.75, 3.05) is 14.2 Å². The van der Waals surface area contributed by atoms with Crippen LogP contribution in [0.4, 0.5) is 0 Å². The highest BCUT2D eigenvalue weighted by Gasteiger charge is 2.22. The third-order valence-corrected chi connectivity index (χ3v) is 3.01. The molecule has 0 amide bonds. The first-order chi connectivity index (χ1) is 8.53. The van der Waals surface area contributed by atoms with Gasteiger partial charge in [-0.2, -0.15) is 0 Å². The van der Waals surface area contributed by atoms with E-state index in [1.807, 2.05) is 13.8 Å². The van der Waals surface area contributed by atoms with Crippen LogP contribution in [0.2, 0.25) is 0 Å². The van der Waals surface area contributed by atoms with Crippen molar-refractivity contribution in [2.45, 2.75) is 27.1 Å². The summed E-state index contributed by atoms with van der Waals surface area (Å²) in [5.41, 5.74) is 3.66. The fourth-order valence-corrected chi connectivity index (χ4v) is 2.32. The van der Waals surface area contributed by atoms with Gasteiger partial charge in [-0.3, -0.25) is 0 Å². The van der Waals surface area contributed by atoms with Gasteiger partial charge in [0.05, 0.1) is 27.4 Å². The summed E-state index contributed by atoms with van der Waals surface area (Å²) in [5, 5.41) is 19.0. The predicted octanol–water partition coefficient (Wildman–Crippen LogP) is 2.03. The van der Waals surface area contributed by atoms with Crippen LogP contribution in [0, 0.1) is 6.92 Å². The second-order valence-electron chi connectivity index (χ2n) is 4.12. The van der Waals surface area contributed by atoms with Crippen LogP contribution >= 0.6 is 0 Å².